The van der Waals surface area contributed by atoms with Gasteiger partial charge in [0.2, 0.25) is 5.91 Å². The van der Waals surface area contributed by atoms with Crippen molar-refractivity contribution < 1.29 is 4.79 Å². The van der Waals surface area contributed by atoms with Crippen molar-refractivity contribution in [3.63, 3.8) is 0 Å². The van der Waals surface area contributed by atoms with Gasteiger partial charge in [-0.15, -0.1) is 6.42 Å². The zero-order valence-corrected chi connectivity index (χ0v) is 15.8. The Bertz CT molecular complexity index is 588. The van der Waals surface area contributed by atoms with Crippen molar-refractivity contribution in [3.05, 3.63) is 35.4 Å². The van der Waals surface area contributed by atoms with E-state index in [1.807, 2.05) is 0 Å². The highest BCUT2D eigenvalue weighted by Crippen LogP contribution is 2.20. The Morgan fingerprint density at radius 2 is 2.08 bits per heavy atom. The van der Waals surface area contributed by atoms with Crippen molar-refractivity contribution in [1.29, 1.82) is 0 Å². The molecule has 4 nitrogen and oxygen atoms in total. The fraction of sp³-hybridized carbons (Fsp3) is 0.571. The van der Waals surface area contributed by atoms with Crippen LogP contribution in [0.5, 0.6) is 0 Å². The van der Waals surface area contributed by atoms with Crippen molar-refractivity contribution in [1.82, 2.24) is 15.1 Å². The highest BCUT2D eigenvalue weighted by Gasteiger charge is 2.28. The molecule has 0 aliphatic carbocycles. The normalized spacial score (nSPS) is 19.4. The predicted octanol–water partition coefficient (Wildman–Crippen LogP) is 2.46. The molecule has 136 valence electrons. The number of carbonyl (C=O) groups excluding carboxylic acids is 1. The number of benzene rings is 1. The third-order valence-corrected chi connectivity index (χ3v) is 5.08. The summed E-state index contributed by atoms with van der Waals surface area (Å²) in [7, 11) is 4.10. The number of terminal acetylenes is 1. The number of aryl methyl sites for hydroxylation is 1. The molecule has 2 rings (SSSR count). The number of carbonyl (C=O) groups is 1. The van der Waals surface area contributed by atoms with Crippen LogP contribution in [0.15, 0.2) is 24.3 Å². The molecule has 1 aliphatic rings. The number of piperidine rings is 1. The Labute approximate surface area is 152 Å². The van der Waals surface area contributed by atoms with Crippen LogP contribution in [-0.2, 0) is 11.2 Å². The molecule has 1 heterocycles. The fourth-order valence-electron chi connectivity index (χ4n) is 3.48. The lowest BCUT2D eigenvalue weighted by molar-refractivity contribution is -0.127. The van der Waals surface area contributed by atoms with Crippen LogP contribution in [-0.4, -0.2) is 55.5 Å². The molecule has 1 aromatic rings. The Morgan fingerprint density at radius 3 is 2.68 bits per heavy atom. The van der Waals surface area contributed by atoms with Crippen LogP contribution in [0.1, 0.15) is 43.4 Å². The van der Waals surface area contributed by atoms with E-state index in [1.165, 1.54) is 11.1 Å². The smallest absolute Gasteiger partial charge is 0.237 e. The first-order valence-corrected chi connectivity index (χ1v) is 9.27. The van der Waals surface area contributed by atoms with Gasteiger partial charge < -0.3 is 10.2 Å². The van der Waals surface area contributed by atoms with E-state index in [0.29, 0.717) is 13.1 Å². The van der Waals surface area contributed by atoms with E-state index in [1.54, 1.807) is 0 Å². The van der Waals surface area contributed by atoms with Crippen LogP contribution >= 0.6 is 0 Å². The second kappa shape index (κ2) is 9.60. The van der Waals surface area contributed by atoms with E-state index in [2.05, 4.69) is 66.3 Å². The minimum Gasteiger partial charge on any atom is -0.353 e. The van der Waals surface area contributed by atoms with Gasteiger partial charge in [-0.1, -0.05) is 43.5 Å². The molecule has 2 unspecified atom stereocenters. The zero-order chi connectivity index (χ0) is 18.2. The van der Waals surface area contributed by atoms with Crippen LogP contribution in [0.25, 0.3) is 0 Å². The quantitative estimate of drug-likeness (QED) is 0.774. The van der Waals surface area contributed by atoms with Crippen LogP contribution in [0, 0.1) is 12.3 Å². The Kier molecular flexibility index (Phi) is 7.49. The Morgan fingerprint density at radius 1 is 1.36 bits per heavy atom. The highest BCUT2D eigenvalue weighted by molar-refractivity contribution is 5.81. The van der Waals surface area contributed by atoms with Gasteiger partial charge in [-0.05, 0) is 51.0 Å². The standard InChI is InChI=1S/C21H31N3O/c1-5-14-24-15-8-7-9-19(24)21(25)22-16-20(23(3)4)18-12-10-17(6-2)11-13-18/h1,10-13,19-20H,6-9,14-16H2,2-4H3,(H,22,25). The number of nitrogens with zero attached hydrogens (tertiary/aromatic N) is 2. The molecule has 0 saturated carbocycles. The average molecular weight is 341 g/mol. The van der Waals surface area contributed by atoms with E-state index < -0.39 is 0 Å². The fourth-order valence-corrected chi connectivity index (χ4v) is 3.48. The number of likely N-dealkylation sites (tertiary alicyclic amines) is 1. The second-order valence-electron chi connectivity index (χ2n) is 7.01. The topological polar surface area (TPSA) is 35.6 Å². The van der Waals surface area contributed by atoms with Gasteiger partial charge in [0.05, 0.1) is 18.6 Å². The summed E-state index contributed by atoms with van der Waals surface area (Å²) >= 11 is 0. The summed E-state index contributed by atoms with van der Waals surface area (Å²) in [6, 6.07) is 8.75. The van der Waals surface area contributed by atoms with Crippen molar-refractivity contribution in [2.75, 3.05) is 33.7 Å². The summed E-state index contributed by atoms with van der Waals surface area (Å²) < 4.78 is 0. The minimum absolute atomic E-state index is 0.0879. The summed E-state index contributed by atoms with van der Waals surface area (Å²) in [6.07, 6.45) is 9.60. The van der Waals surface area contributed by atoms with E-state index in [4.69, 9.17) is 6.42 Å². The molecule has 0 spiro atoms. The van der Waals surface area contributed by atoms with Crippen molar-refractivity contribution in [2.45, 2.75) is 44.7 Å². The van der Waals surface area contributed by atoms with Crippen LogP contribution in [0.3, 0.4) is 0 Å². The van der Waals surface area contributed by atoms with Crippen LogP contribution < -0.4 is 5.32 Å². The lowest BCUT2D eigenvalue weighted by Gasteiger charge is -2.34. The van der Waals surface area contributed by atoms with E-state index in [-0.39, 0.29) is 18.0 Å². The second-order valence-corrected chi connectivity index (χ2v) is 7.01. The summed E-state index contributed by atoms with van der Waals surface area (Å²) in [5.74, 6) is 2.78. The summed E-state index contributed by atoms with van der Waals surface area (Å²) in [5.41, 5.74) is 2.56. The number of rotatable bonds is 7. The SMILES string of the molecule is C#CCN1CCCCC1C(=O)NCC(c1ccc(CC)cc1)N(C)C. The molecule has 0 bridgehead atoms. The van der Waals surface area contributed by atoms with Crippen LogP contribution in [0.2, 0.25) is 0 Å². The first kappa shape index (κ1) is 19.5. The molecular formula is C21H31N3O. The van der Waals surface area contributed by atoms with Gasteiger partial charge in [-0.2, -0.15) is 0 Å². The monoisotopic (exact) mass is 341 g/mol. The minimum atomic E-state index is -0.0879. The number of hydrogen-bond acceptors (Lipinski definition) is 3. The predicted molar refractivity (Wildman–Crippen MR) is 103 cm³/mol. The number of amides is 1. The molecule has 1 aliphatic heterocycles. The third kappa shape index (κ3) is 5.32. The van der Waals surface area contributed by atoms with Crippen molar-refractivity contribution in [2.24, 2.45) is 0 Å². The van der Waals surface area contributed by atoms with Gasteiger partial charge in [-0.25, -0.2) is 0 Å². The first-order valence-electron chi connectivity index (χ1n) is 9.27. The molecule has 2 atom stereocenters. The molecule has 0 radical (unpaired) electrons. The molecule has 1 amide bonds. The highest BCUT2D eigenvalue weighted by atomic mass is 16.2. The summed E-state index contributed by atoms with van der Waals surface area (Å²) in [6.45, 7) is 4.23. The Hall–Kier alpha value is -1.83. The maximum atomic E-state index is 12.7. The Balaban J connectivity index is 1.99. The van der Waals surface area contributed by atoms with Crippen molar-refractivity contribution >= 4 is 5.91 Å². The molecule has 1 N–H and O–H groups in total. The van der Waals surface area contributed by atoms with E-state index in [9.17, 15) is 4.79 Å². The lowest BCUT2D eigenvalue weighted by atomic mass is 10.0. The van der Waals surface area contributed by atoms with Gasteiger partial charge in [0.1, 0.15) is 0 Å². The largest absolute Gasteiger partial charge is 0.353 e. The molecule has 1 aromatic carbocycles. The summed E-state index contributed by atoms with van der Waals surface area (Å²) in [5, 5.41) is 3.16. The van der Waals surface area contributed by atoms with Gasteiger partial charge in [0, 0.05) is 6.54 Å². The summed E-state index contributed by atoms with van der Waals surface area (Å²) in [4.78, 5) is 17.0. The third-order valence-electron chi connectivity index (χ3n) is 5.08. The van der Waals surface area contributed by atoms with E-state index in [0.717, 1.165) is 32.2 Å². The first-order chi connectivity index (χ1) is 12.1. The zero-order valence-electron chi connectivity index (χ0n) is 15.8. The van der Waals surface area contributed by atoms with Gasteiger partial charge in [-0.3, -0.25) is 9.69 Å². The number of likely N-dealkylation sites (N-methyl/N-ethyl adjacent to an activating group) is 1. The van der Waals surface area contributed by atoms with Crippen LogP contribution in [0.4, 0.5) is 0 Å². The molecule has 0 aromatic heterocycles. The van der Waals surface area contributed by atoms with Crippen molar-refractivity contribution in [3.8, 4) is 12.3 Å². The molecule has 1 saturated heterocycles. The molecule has 4 heteroatoms. The lowest BCUT2D eigenvalue weighted by Crippen LogP contribution is -2.50. The average Bonchev–Trinajstić information content (AvgIpc) is 2.62. The van der Waals surface area contributed by atoms with Gasteiger partial charge in [0.25, 0.3) is 0 Å². The maximum Gasteiger partial charge on any atom is 0.237 e. The molecular weight excluding hydrogens is 310 g/mol. The molecule has 1 fully saturated rings. The maximum absolute atomic E-state index is 12.7. The number of hydrogen-bond donors (Lipinski definition) is 1. The van der Waals surface area contributed by atoms with Gasteiger partial charge in [0.15, 0.2) is 0 Å². The van der Waals surface area contributed by atoms with E-state index >= 15 is 0 Å². The molecule has 25 heavy (non-hydrogen) atoms. The number of nitrogens with one attached hydrogen (secondary N) is 1. The van der Waals surface area contributed by atoms with Gasteiger partial charge >= 0.3 is 0 Å².